The molecule has 0 saturated carbocycles. The average Bonchev–Trinajstić information content (AvgIpc) is 3.10. The number of rotatable bonds is 3. The number of nitriles is 1. The van der Waals surface area contributed by atoms with Gasteiger partial charge in [0.15, 0.2) is 0 Å². The molecule has 0 bridgehead atoms. The van der Waals surface area contributed by atoms with E-state index in [4.69, 9.17) is 9.47 Å². The van der Waals surface area contributed by atoms with Crippen molar-refractivity contribution in [3.05, 3.63) is 41.1 Å². The largest absolute Gasteiger partial charge is 0.496 e. The molecule has 0 fully saturated rings. The highest BCUT2D eigenvalue weighted by Crippen LogP contribution is 2.39. The molecule has 1 unspecified atom stereocenters. The Bertz CT molecular complexity index is 968. The summed E-state index contributed by atoms with van der Waals surface area (Å²) in [7, 11) is 3.09. The minimum atomic E-state index is -0.904. The zero-order chi connectivity index (χ0) is 21.3. The van der Waals surface area contributed by atoms with Crippen LogP contribution in [-0.4, -0.2) is 41.4 Å². The average molecular weight is 398 g/mol. The number of aromatic nitrogens is 1. The summed E-state index contributed by atoms with van der Waals surface area (Å²) >= 11 is 0. The molecule has 2 N–H and O–H groups in total. The zero-order valence-corrected chi connectivity index (χ0v) is 17.3. The second-order valence-electron chi connectivity index (χ2n) is 7.96. The van der Waals surface area contributed by atoms with Crippen molar-refractivity contribution in [3.8, 4) is 17.6 Å². The minimum Gasteiger partial charge on any atom is -0.496 e. The van der Waals surface area contributed by atoms with E-state index in [9.17, 15) is 15.2 Å². The van der Waals surface area contributed by atoms with Gasteiger partial charge >= 0.3 is 6.03 Å². The Kier molecular flexibility index (Phi) is 5.44. The molecular weight excluding hydrogens is 372 g/mol. The maximum Gasteiger partial charge on any atom is 0.323 e. The molecule has 8 nitrogen and oxygen atoms in total. The normalized spacial score (nSPS) is 16.0. The number of carbonyl (C=O) groups excluding carboxylic acids is 1. The van der Waals surface area contributed by atoms with Gasteiger partial charge in [-0.2, -0.15) is 5.26 Å². The van der Waals surface area contributed by atoms with Crippen LogP contribution in [0.25, 0.3) is 0 Å². The van der Waals surface area contributed by atoms with Crippen LogP contribution in [0.4, 0.5) is 10.6 Å². The number of aliphatic hydroxyl groups excluding tert-OH is 1. The highest BCUT2D eigenvalue weighted by atomic mass is 16.5. The fraction of sp³-hybridized carbons (Fsp3) is 0.429. The van der Waals surface area contributed by atoms with Crippen molar-refractivity contribution in [3.63, 3.8) is 0 Å². The van der Waals surface area contributed by atoms with E-state index in [1.54, 1.807) is 38.6 Å². The Morgan fingerprint density at radius 3 is 2.52 bits per heavy atom. The number of methoxy groups -OCH3 is 2. The summed E-state index contributed by atoms with van der Waals surface area (Å²) in [4.78, 5) is 14.5. The SMILES string of the molecule is COc1ccc(OC)c2c1CN(C(=O)Nc1cc(C#N)cn1C(C)(C)C)CC2O. The predicted octanol–water partition coefficient (Wildman–Crippen LogP) is 3.21. The van der Waals surface area contributed by atoms with Crippen LogP contribution in [0.1, 0.15) is 43.6 Å². The number of carbonyl (C=O) groups is 1. The summed E-state index contributed by atoms with van der Waals surface area (Å²) < 4.78 is 12.6. The monoisotopic (exact) mass is 398 g/mol. The van der Waals surface area contributed by atoms with Gasteiger partial charge in [-0.25, -0.2) is 4.79 Å². The van der Waals surface area contributed by atoms with Crippen molar-refractivity contribution in [1.82, 2.24) is 9.47 Å². The number of fused-ring (bicyclic) bond motifs is 1. The molecule has 8 heteroatoms. The van der Waals surface area contributed by atoms with Crippen molar-refractivity contribution in [2.45, 2.75) is 39.0 Å². The lowest BCUT2D eigenvalue weighted by molar-refractivity contribution is 0.105. The molecule has 2 aromatic rings. The van der Waals surface area contributed by atoms with E-state index in [0.29, 0.717) is 34.0 Å². The van der Waals surface area contributed by atoms with Crippen LogP contribution in [0.15, 0.2) is 24.4 Å². The summed E-state index contributed by atoms with van der Waals surface area (Å²) in [5, 5.41) is 22.8. The summed E-state index contributed by atoms with van der Waals surface area (Å²) in [5.74, 6) is 1.67. The third kappa shape index (κ3) is 3.87. The lowest BCUT2D eigenvalue weighted by atomic mass is 9.95. The summed E-state index contributed by atoms with van der Waals surface area (Å²) in [6.45, 7) is 6.34. The van der Waals surface area contributed by atoms with Gasteiger partial charge in [-0.05, 0) is 39.0 Å². The van der Waals surface area contributed by atoms with Crippen LogP contribution in [0.3, 0.4) is 0 Å². The molecule has 1 atom stereocenters. The van der Waals surface area contributed by atoms with Crippen molar-refractivity contribution in [2.24, 2.45) is 0 Å². The number of hydrogen-bond donors (Lipinski definition) is 2. The van der Waals surface area contributed by atoms with E-state index in [-0.39, 0.29) is 24.7 Å². The fourth-order valence-corrected chi connectivity index (χ4v) is 3.59. The number of anilines is 1. The molecule has 3 rings (SSSR count). The van der Waals surface area contributed by atoms with E-state index in [0.717, 1.165) is 0 Å². The second kappa shape index (κ2) is 7.68. The van der Waals surface area contributed by atoms with Crippen molar-refractivity contribution < 1.29 is 19.4 Å². The molecule has 2 heterocycles. The van der Waals surface area contributed by atoms with Crippen LogP contribution in [0.2, 0.25) is 0 Å². The summed E-state index contributed by atoms with van der Waals surface area (Å²) in [6, 6.07) is 6.88. The quantitative estimate of drug-likeness (QED) is 0.827. The van der Waals surface area contributed by atoms with Gasteiger partial charge in [-0.3, -0.25) is 5.32 Å². The minimum absolute atomic E-state index is 0.115. The lowest BCUT2D eigenvalue weighted by Crippen LogP contribution is -2.41. The third-order valence-corrected chi connectivity index (χ3v) is 4.98. The van der Waals surface area contributed by atoms with E-state index in [1.165, 1.54) is 4.90 Å². The third-order valence-electron chi connectivity index (χ3n) is 4.98. The Balaban J connectivity index is 1.90. The van der Waals surface area contributed by atoms with Gasteiger partial charge in [-0.1, -0.05) is 0 Å². The molecular formula is C21H26N4O4. The molecule has 2 amide bonds. The summed E-state index contributed by atoms with van der Waals surface area (Å²) in [6.07, 6.45) is 0.808. The number of nitrogens with one attached hydrogen (secondary N) is 1. The highest BCUT2D eigenvalue weighted by Gasteiger charge is 2.32. The number of aliphatic hydroxyl groups is 1. The van der Waals surface area contributed by atoms with E-state index < -0.39 is 6.10 Å². The van der Waals surface area contributed by atoms with Gasteiger partial charge in [0.1, 0.15) is 29.5 Å². The molecule has 0 saturated heterocycles. The van der Waals surface area contributed by atoms with E-state index in [2.05, 4.69) is 11.4 Å². The van der Waals surface area contributed by atoms with Gasteiger partial charge in [0, 0.05) is 22.9 Å². The first-order valence-electron chi connectivity index (χ1n) is 9.30. The predicted molar refractivity (Wildman–Crippen MR) is 108 cm³/mol. The number of hydrogen-bond acceptors (Lipinski definition) is 5. The molecule has 0 aliphatic carbocycles. The molecule has 1 aliphatic heterocycles. The Morgan fingerprint density at radius 2 is 1.93 bits per heavy atom. The first-order chi connectivity index (χ1) is 13.7. The van der Waals surface area contributed by atoms with Gasteiger partial charge in [-0.15, -0.1) is 0 Å². The number of benzene rings is 1. The van der Waals surface area contributed by atoms with Crippen LogP contribution < -0.4 is 14.8 Å². The van der Waals surface area contributed by atoms with Crippen LogP contribution in [0.5, 0.6) is 11.5 Å². The van der Waals surface area contributed by atoms with Crippen LogP contribution >= 0.6 is 0 Å². The Hall–Kier alpha value is -3.18. The standard InChI is InChI=1S/C21H26N4O4/c1-21(2,3)25-10-13(9-22)8-18(25)23-20(27)24-11-14-16(28-4)6-7-17(29-5)19(14)15(26)12-24/h6-8,10,15,26H,11-12H2,1-5H3,(H,23,27). The maximum absolute atomic E-state index is 13.0. The molecule has 1 aromatic heterocycles. The Morgan fingerprint density at radius 1 is 1.28 bits per heavy atom. The number of ether oxygens (including phenoxy) is 2. The molecule has 0 spiro atoms. The van der Waals surface area contributed by atoms with Crippen LogP contribution in [0, 0.1) is 11.3 Å². The van der Waals surface area contributed by atoms with Crippen molar-refractivity contribution in [1.29, 1.82) is 5.26 Å². The smallest absolute Gasteiger partial charge is 0.323 e. The molecule has 154 valence electrons. The van der Waals surface area contributed by atoms with E-state index >= 15 is 0 Å². The van der Waals surface area contributed by atoms with E-state index in [1.807, 2.05) is 25.3 Å². The molecule has 29 heavy (non-hydrogen) atoms. The van der Waals surface area contributed by atoms with Crippen LogP contribution in [-0.2, 0) is 12.1 Å². The number of nitrogens with zero attached hydrogens (tertiary/aromatic N) is 3. The zero-order valence-electron chi connectivity index (χ0n) is 17.3. The number of β-amino-alcohol motifs (C(OH)–C–C–N with tert-alkyl or cyclic N) is 1. The van der Waals surface area contributed by atoms with Gasteiger partial charge in [0.2, 0.25) is 0 Å². The first-order valence-corrected chi connectivity index (χ1v) is 9.30. The fourth-order valence-electron chi connectivity index (χ4n) is 3.59. The first kappa shape index (κ1) is 20.6. The van der Waals surface area contributed by atoms with Gasteiger partial charge in [0.05, 0.1) is 32.9 Å². The van der Waals surface area contributed by atoms with Gasteiger partial charge < -0.3 is 24.0 Å². The number of urea groups is 1. The molecule has 1 aliphatic rings. The number of amides is 2. The molecule has 0 radical (unpaired) electrons. The Labute approximate surface area is 170 Å². The topological polar surface area (TPSA) is 99.8 Å². The maximum atomic E-state index is 13.0. The lowest BCUT2D eigenvalue weighted by Gasteiger charge is -2.34. The highest BCUT2D eigenvalue weighted by molar-refractivity contribution is 5.89. The summed E-state index contributed by atoms with van der Waals surface area (Å²) in [5.41, 5.74) is 1.50. The molecule has 1 aromatic carbocycles. The van der Waals surface area contributed by atoms with Gasteiger partial charge in [0.25, 0.3) is 0 Å². The second-order valence-corrected chi connectivity index (χ2v) is 7.96. The van der Waals surface area contributed by atoms with Crippen molar-refractivity contribution in [2.75, 3.05) is 26.1 Å². The van der Waals surface area contributed by atoms with Crippen molar-refractivity contribution >= 4 is 11.8 Å².